The number of aromatic nitrogens is 3. The summed E-state index contributed by atoms with van der Waals surface area (Å²) in [7, 11) is 0. The summed E-state index contributed by atoms with van der Waals surface area (Å²) in [5.41, 5.74) is 2.15. The Kier molecular flexibility index (Phi) is 4.20. The molecule has 1 aliphatic rings. The van der Waals surface area contributed by atoms with Gasteiger partial charge in [-0.15, -0.1) is 0 Å². The second kappa shape index (κ2) is 6.80. The third kappa shape index (κ3) is 3.55. The highest BCUT2D eigenvalue weighted by molar-refractivity contribution is 5.75. The number of urea groups is 1. The zero-order valence-corrected chi connectivity index (χ0v) is 13.7. The molecule has 1 aliphatic heterocycles. The third-order valence-electron chi connectivity index (χ3n) is 4.37. The Morgan fingerprint density at radius 2 is 2.20 bits per heavy atom. The van der Waals surface area contributed by atoms with Crippen molar-refractivity contribution in [3.05, 3.63) is 66.8 Å². The molecule has 1 fully saturated rings. The molecular formula is C18H19N5O2. The minimum atomic E-state index is -0.0258. The number of hydrogen-bond acceptors (Lipinski definition) is 4. The summed E-state index contributed by atoms with van der Waals surface area (Å²) in [5.74, 6) is 1.32. The van der Waals surface area contributed by atoms with Gasteiger partial charge in [-0.2, -0.15) is 0 Å². The van der Waals surface area contributed by atoms with Crippen LogP contribution in [-0.2, 0) is 13.0 Å². The molecule has 0 spiro atoms. The van der Waals surface area contributed by atoms with Crippen LogP contribution in [0.15, 0.2) is 60.1 Å². The summed E-state index contributed by atoms with van der Waals surface area (Å²) in [6, 6.07) is 5.82. The second-order valence-electron chi connectivity index (χ2n) is 6.26. The first-order valence-electron chi connectivity index (χ1n) is 8.25. The molecule has 4 rings (SSSR count). The monoisotopic (exact) mass is 337 g/mol. The van der Waals surface area contributed by atoms with Gasteiger partial charge in [0.25, 0.3) is 0 Å². The summed E-state index contributed by atoms with van der Waals surface area (Å²) in [4.78, 5) is 22.4. The van der Waals surface area contributed by atoms with E-state index in [1.165, 1.54) is 5.56 Å². The minimum absolute atomic E-state index is 0.0258. The van der Waals surface area contributed by atoms with Crippen LogP contribution in [0, 0.1) is 5.92 Å². The molecule has 3 aromatic rings. The van der Waals surface area contributed by atoms with Gasteiger partial charge < -0.3 is 14.6 Å². The van der Waals surface area contributed by atoms with Crippen molar-refractivity contribution < 1.29 is 9.21 Å². The molecule has 2 amide bonds. The lowest BCUT2D eigenvalue weighted by Gasteiger charge is -2.39. The third-order valence-corrected chi connectivity index (χ3v) is 4.37. The molecule has 1 N–H and O–H groups in total. The first-order valence-corrected chi connectivity index (χ1v) is 8.25. The molecule has 0 aliphatic carbocycles. The van der Waals surface area contributed by atoms with Crippen LogP contribution in [0.2, 0.25) is 0 Å². The zero-order valence-electron chi connectivity index (χ0n) is 13.7. The molecule has 4 heterocycles. The van der Waals surface area contributed by atoms with Crippen molar-refractivity contribution in [2.24, 2.45) is 5.92 Å². The van der Waals surface area contributed by atoms with Crippen molar-refractivity contribution in [3.8, 4) is 5.82 Å². The Bertz CT molecular complexity index is 806. The van der Waals surface area contributed by atoms with Crippen LogP contribution in [0.5, 0.6) is 0 Å². The lowest BCUT2D eigenvalue weighted by molar-refractivity contribution is 0.120. The Morgan fingerprint density at radius 3 is 2.88 bits per heavy atom. The molecule has 25 heavy (non-hydrogen) atoms. The van der Waals surface area contributed by atoms with E-state index in [2.05, 4.69) is 15.3 Å². The Labute approximate surface area is 145 Å². The summed E-state index contributed by atoms with van der Waals surface area (Å²) >= 11 is 0. The van der Waals surface area contributed by atoms with Gasteiger partial charge in [0, 0.05) is 38.2 Å². The standard InChI is InChI=1S/C18H19N5O2/c24-18(23-10-16(11-23)7-14-3-6-25-12-14)21-9-15-1-2-17(20-8-15)22-5-4-19-13-22/h1-6,8,12-13,16H,7,9-11H2,(H,21,24). The number of amides is 2. The Hall–Kier alpha value is -3.09. The van der Waals surface area contributed by atoms with E-state index in [1.54, 1.807) is 31.2 Å². The smallest absolute Gasteiger partial charge is 0.317 e. The SMILES string of the molecule is O=C(NCc1ccc(-n2ccnc2)nc1)N1CC(Cc2ccoc2)C1. The van der Waals surface area contributed by atoms with E-state index in [0.29, 0.717) is 12.5 Å². The molecule has 7 nitrogen and oxygen atoms in total. The van der Waals surface area contributed by atoms with E-state index in [1.807, 2.05) is 33.9 Å². The molecule has 7 heteroatoms. The molecule has 0 saturated carbocycles. The molecule has 0 unspecified atom stereocenters. The Morgan fingerprint density at radius 1 is 1.28 bits per heavy atom. The molecule has 0 bridgehead atoms. The van der Waals surface area contributed by atoms with Crippen LogP contribution in [-0.4, -0.2) is 38.6 Å². The van der Waals surface area contributed by atoms with Crippen LogP contribution in [0.25, 0.3) is 5.82 Å². The van der Waals surface area contributed by atoms with Gasteiger partial charge >= 0.3 is 6.03 Å². The quantitative estimate of drug-likeness (QED) is 0.775. The zero-order chi connectivity index (χ0) is 17.1. The van der Waals surface area contributed by atoms with E-state index in [9.17, 15) is 4.79 Å². The molecule has 0 aromatic carbocycles. The number of likely N-dealkylation sites (tertiary alicyclic amines) is 1. The van der Waals surface area contributed by atoms with E-state index < -0.39 is 0 Å². The average Bonchev–Trinajstić information content (AvgIpc) is 3.29. The first-order chi connectivity index (χ1) is 12.3. The number of carbonyl (C=O) groups is 1. The summed E-state index contributed by atoms with van der Waals surface area (Å²) in [6.45, 7) is 2.04. The first kappa shape index (κ1) is 15.4. The van der Waals surface area contributed by atoms with E-state index in [0.717, 1.165) is 30.9 Å². The van der Waals surface area contributed by atoms with Crippen LogP contribution in [0.3, 0.4) is 0 Å². The summed E-state index contributed by atoms with van der Waals surface area (Å²) in [6.07, 6.45) is 11.4. The predicted octanol–water partition coefficient (Wildman–Crippen LogP) is 2.24. The van der Waals surface area contributed by atoms with Gasteiger partial charge in [-0.1, -0.05) is 6.07 Å². The lowest BCUT2D eigenvalue weighted by atomic mass is 9.94. The van der Waals surface area contributed by atoms with Crippen molar-refractivity contribution in [2.45, 2.75) is 13.0 Å². The summed E-state index contributed by atoms with van der Waals surface area (Å²) in [5, 5.41) is 2.94. The number of nitrogens with zero attached hydrogens (tertiary/aromatic N) is 4. The highest BCUT2D eigenvalue weighted by Crippen LogP contribution is 2.20. The number of imidazole rings is 1. The molecule has 0 radical (unpaired) electrons. The number of pyridine rings is 1. The van der Waals surface area contributed by atoms with Crippen molar-refractivity contribution in [1.82, 2.24) is 24.8 Å². The van der Waals surface area contributed by atoms with Gasteiger partial charge in [-0.25, -0.2) is 14.8 Å². The second-order valence-corrected chi connectivity index (χ2v) is 6.26. The topological polar surface area (TPSA) is 76.2 Å². The highest BCUT2D eigenvalue weighted by Gasteiger charge is 2.30. The molecule has 1 saturated heterocycles. The molecule has 0 atom stereocenters. The number of carbonyl (C=O) groups excluding carboxylic acids is 1. The molecule has 128 valence electrons. The largest absolute Gasteiger partial charge is 0.472 e. The minimum Gasteiger partial charge on any atom is -0.472 e. The number of rotatable bonds is 5. The highest BCUT2D eigenvalue weighted by atomic mass is 16.3. The number of furan rings is 1. The maximum atomic E-state index is 12.2. The fourth-order valence-electron chi connectivity index (χ4n) is 2.97. The summed E-state index contributed by atoms with van der Waals surface area (Å²) < 4.78 is 6.91. The molecular weight excluding hydrogens is 318 g/mol. The average molecular weight is 337 g/mol. The lowest BCUT2D eigenvalue weighted by Crippen LogP contribution is -2.54. The van der Waals surface area contributed by atoms with Gasteiger partial charge in [-0.05, 0) is 35.6 Å². The van der Waals surface area contributed by atoms with Gasteiger partial charge in [0.1, 0.15) is 12.1 Å². The van der Waals surface area contributed by atoms with Crippen molar-refractivity contribution >= 4 is 6.03 Å². The van der Waals surface area contributed by atoms with Crippen molar-refractivity contribution in [1.29, 1.82) is 0 Å². The maximum Gasteiger partial charge on any atom is 0.317 e. The van der Waals surface area contributed by atoms with Crippen LogP contribution in [0.1, 0.15) is 11.1 Å². The Balaban J connectivity index is 1.23. The van der Waals surface area contributed by atoms with Gasteiger partial charge in [0.05, 0.1) is 12.5 Å². The van der Waals surface area contributed by atoms with Crippen molar-refractivity contribution in [3.63, 3.8) is 0 Å². The normalized spacial score (nSPS) is 14.3. The van der Waals surface area contributed by atoms with E-state index >= 15 is 0 Å². The number of nitrogens with one attached hydrogen (secondary N) is 1. The fourth-order valence-corrected chi connectivity index (χ4v) is 2.97. The van der Waals surface area contributed by atoms with E-state index in [4.69, 9.17) is 4.42 Å². The maximum absolute atomic E-state index is 12.2. The predicted molar refractivity (Wildman–Crippen MR) is 91.1 cm³/mol. The number of hydrogen-bond donors (Lipinski definition) is 1. The van der Waals surface area contributed by atoms with E-state index in [-0.39, 0.29) is 6.03 Å². The van der Waals surface area contributed by atoms with Gasteiger partial charge in [0.15, 0.2) is 0 Å². The van der Waals surface area contributed by atoms with Crippen LogP contribution >= 0.6 is 0 Å². The van der Waals surface area contributed by atoms with Gasteiger partial charge in [0.2, 0.25) is 0 Å². The fraction of sp³-hybridized carbons (Fsp3) is 0.278. The van der Waals surface area contributed by atoms with Crippen molar-refractivity contribution in [2.75, 3.05) is 13.1 Å². The van der Waals surface area contributed by atoms with Crippen LogP contribution in [0.4, 0.5) is 4.79 Å². The van der Waals surface area contributed by atoms with Gasteiger partial charge in [-0.3, -0.25) is 4.57 Å². The molecule has 3 aromatic heterocycles. The van der Waals surface area contributed by atoms with Crippen LogP contribution < -0.4 is 5.32 Å².